The Kier molecular flexibility index (Phi) is 8.23. The summed E-state index contributed by atoms with van der Waals surface area (Å²) in [6, 6.07) is 5.61. The quantitative estimate of drug-likeness (QED) is 0.584. The van der Waals surface area contributed by atoms with Crippen LogP contribution in [0.3, 0.4) is 0 Å². The molecule has 0 spiro atoms. The summed E-state index contributed by atoms with van der Waals surface area (Å²) in [4.78, 5) is 24.9. The minimum absolute atomic E-state index is 0.0980. The second-order valence-electron chi connectivity index (χ2n) is 8.35. The molecule has 1 N–H and O–H groups in total. The van der Waals surface area contributed by atoms with Gasteiger partial charge < -0.3 is 14.7 Å². The average molecular weight is 427 g/mol. The zero-order valence-corrected chi connectivity index (χ0v) is 18.9. The van der Waals surface area contributed by atoms with Crippen LogP contribution in [-0.4, -0.2) is 65.1 Å². The molecular formula is C24H34N4O3. The van der Waals surface area contributed by atoms with Crippen molar-refractivity contribution in [1.82, 2.24) is 14.9 Å². The third kappa shape index (κ3) is 6.40. The number of benzene rings is 1. The van der Waals surface area contributed by atoms with Gasteiger partial charge >= 0.3 is 0 Å². The molecule has 0 radical (unpaired) electrons. The standard InChI is InChI=1S/C24H34N4O3/c1-18(20(3)29)17-21-7-8-22(19(2)23(21)30)31-16-5-4-11-27-12-14-28(15-13-27)24-25-9-6-10-26-24/h6-10,18,30H,4-5,11-17H2,1-3H3. The summed E-state index contributed by atoms with van der Waals surface area (Å²) in [6.07, 6.45) is 6.16. The van der Waals surface area contributed by atoms with Crippen LogP contribution >= 0.6 is 0 Å². The number of anilines is 1. The van der Waals surface area contributed by atoms with Gasteiger partial charge in [-0.2, -0.15) is 0 Å². The summed E-state index contributed by atoms with van der Waals surface area (Å²) in [5.74, 6) is 1.81. The summed E-state index contributed by atoms with van der Waals surface area (Å²) >= 11 is 0. The molecule has 31 heavy (non-hydrogen) atoms. The molecule has 1 unspecified atom stereocenters. The molecule has 1 atom stereocenters. The van der Waals surface area contributed by atoms with Crippen LogP contribution in [0.1, 0.15) is 37.8 Å². The Labute approximate surface area is 185 Å². The first-order valence-electron chi connectivity index (χ1n) is 11.1. The number of phenolic OH excluding ortho intramolecular Hbond substituents is 1. The molecule has 7 nitrogen and oxygen atoms in total. The Hall–Kier alpha value is -2.67. The lowest BCUT2D eigenvalue weighted by molar-refractivity contribution is -0.120. The molecular weight excluding hydrogens is 392 g/mol. The highest BCUT2D eigenvalue weighted by molar-refractivity contribution is 5.78. The SMILES string of the molecule is CC(=O)C(C)Cc1ccc(OCCCCN2CCN(c3ncccn3)CC2)c(C)c1O. The van der Waals surface area contributed by atoms with Crippen molar-refractivity contribution in [1.29, 1.82) is 0 Å². The summed E-state index contributed by atoms with van der Waals surface area (Å²) in [7, 11) is 0. The van der Waals surface area contributed by atoms with E-state index in [1.807, 2.05) is 32.0 Å². The third-order valence-electron chi connectivity index (χ3n) is 6.02. The van der Waals surface area contributed by atoms with Crippen LogP contribution in [0.15, 0.2) is 30.6 Å². The topological polar surface area (TPSA) is 78.8 Å². The number of rotatable bonds is 10. The highest BCUT2D eigenvalue weighted by atomic mass is 16.5. The number of ether oxygens (including phenoxy) is 1. The summed E-state index contributed by atoms with van der Waals surface area (Å²) in [5.41, 5.74) is 1.54. The molecule has 7 heteroatoms. The van der Waals surface area contributed by atoms with Crippen molar-refractivity contribution in [2.24, 2.45) is 5.92 Å². The van der Waals surface area contributed by atoms with Crippen LogP contribution in [0.4, 0.5) is 5.95 Å². The maximum atomic E-state index is 11.5. The summed E-state index contributed by atoms with van der Waals surface area (Å²) < 4.78 is 5.92. The Bertz CT molecular complexity index is 851. The minimum atomic E-state index is -0.0980. The van der Waals surface area contributed by atoms with E-state index in [0.29, 0.717) is 18.8 Å². The highest BCUT2D eigenvalue weighted by Crippen LogP contribution is 2.32. The molecule has 2 aromatic rings. The van der Waals surface area contributed by atoms with Gasteiger partial charge in [-0.05, 0) is 57.4 Å². The molecule has 1 aliphatic heterocycles. The lowest BCUT2D eigenvalue weighted by Gasteiger charge is -2.34. The number of aromatic hydroxyl groups is 1. The van der Waals surface area contributed by atoms with Crippen LogP contribution in [0.5, 0.6) is 11.5 Å². The smallest absolute Gasteiger partial charge is 0.225 e. The largest absolute Gasteiger partial charge is 0.507 e. The molecule has 0 bridgehead atoms. The second kappa shape index (κ2) is 11.1. The van der Waals surface area contributed by atoms with E-state index in [9.17, 15) is 9.90 Å². The number of hydrogen-bond donors (Lipinski definition) is 1. The summed E-state index contributed by atoms with van der Waals surface area (Å²) in [6.45, 7) is 11.0. The van der Waals surface area contributed by atoms with Gasteiger partial charge in [0, 0.05) is 50.1 Å². The number of carbonyl (C=O) groups excluding carboxylic acids is 1. The van der Waals surface area contributed by atoms with E-state index in [2.05, 4.69) is 19.8 Å². The lowest BCUT2D eigenvalue weighted by Crippen LogP contribution is -2.47. The molecule has 1 saturated heterocycles. The Balaban J connectivity index is 1.36. The molecule has 1 aromatic heterocycles. The number of ketones is 1. The van der Waals surface area contributed by atoms with Gasteiger partial charge in [-0.3, -0.25) is 9.69 Å². The van der Waals surface area contributed by atoms with Gasteiger partial charge in [0.25, 0.3) is 0 Å². The van der Waals surface area contributed by atoms with E-state index in [0.717, 1.165) is 62.6 Å². The van der Waals surface area contributed by atoms with Crippen LogP contribution in [0.2, 0.25) is 0 Å². The van der Waals surface area contributed by atoms with Crippen molar-refractivity contribution in [3.63, 3.8) is 0 Å². The fraction of sp³-hybridized carbons (Fsp3) is 0.542. The minimum Gasteiger partial charge on any atom is -0.507 e. The number of nitrogens with zero attached hydrogens (tertiary/aromatic N) is 4. The first-order chi connectivity index (χ1) is 15.0. The first kappa shape index (κ1) is 23.0. The predicted octanol–water partition coefficient (Wildman–Crippen LogP) is 3.24. The Morgan fingerprint density at radius 2 is 1.87 bits per heavy atom. The fourth-order valence-electron chi connectivity index (χ4n) is 3.78. The number of aromatic nitrogens is 2. The maximum Gasteiger partial charge on any atom is 0.225 e. The Morgan fingerprint density at radius 3 is 2.55 bits per heavy atom. The molecule has 2 heterocycles. The highest BCUT2D eigenvalue weighted by Gasteiger charge is 2.18. The maximum absolute atomic E-state index is 11.5. The monoisotopic (exact) mass is 426 g/mol. The van der Waals surface area contributed by atoms with E-state index in [4.69, 9.17) is 4.74 Å². The van der Waals surface area contributed by atoms with Gasteiger partial charge in [-0.1, -0.05) is 13.0 Å². The molecule has 1 aromatic carbocycles. The van der Waals surface area contributed by atoms with Gasteiger partial charge in [0.2, 0.25) is 5.95 Å². The van der Waals surface area contributed by atoms with Gasteiger partial charge in [-0.25, -0.2) is 9.97 Å². The molecule has 168 valence electrons. The van der Waals surface area contributed by atoms with Crippen LogP contribution < -0.4 is 9.64 Å². The van der Waals surface area contributed by atoms with Gasteiger partial charge in [-0.15, -0.1) is 0 Å². The van der Waals surface area contributed by atoms with Crippen LogP contribution in [0, 0.1) is 12.8 Å². The zero-order chi connectivity index (χ0) is 22.2. The van der Waals surface area contributed by atoms with Gasteiger partial charge in [0.1, 0.15) is 17.3 Å². The number of hydrogen-bond acceptors (Lipinski definition) is 7. The van der Waals surface area contributed by atoms with Crippen molar-refractivity contribution in [3.8, 4) is 11.5 Å². The molecule has 1 aliphatic rings. The molecule has 0 amide bonds. The van der Waals surface area contributed by atoms with Gasteiger partial charge in [0.05, 0.1) is 6.61 Å². The van der Waals surface area contributed by atoms with Crippen molar-refractivity contribution in [3.05, 3.63) is 41.7 Å². The summed E-state index contributed by atoms with van der Waals surface area (Å²) in [5, 5.41) is 10.5. The predicted molar refractivity (Wildman–Crippen MR) is 122 cm³/mol. The van der Waals surface area contributed by atoms with E-state index < -0.39 is 0 Å². The van der Waals surface area contributed by atoms with E-state index >= 15 is 0 Å². The molecule has 0 aliphatic carbocycles. The lowest BCUT2D eigenvalue weighted by atomic mass is 9.95. The normalized spacial score (nSPS) is 15.6. The zero-order valence-electron chi connectivity index (χ0n) is 18.9. The second-order valence-corrected chi connectivity index (χ2v) is 8.35. The van der Waals surface area contributed by atoms with Crippen LogP contribution in [-0.2, 0) is 11.2 Å². The number of carbonyl (C=O) groups is 1. The van der Waals surface area contributed by atoms with E-state index in [-0.39, 0.29) is 17.5 Å². The number of piperazine rings is 1. The molecule has 3 rings (SSSR count). The van der Waals surface area contributed by atoms with Gasteiger partial charge in [0.15, 0.2) is 0 Å². The molecule has 1 fully saturated rings. The Morgan fingerprint density at radius 1 is 1.16 bits per heavy atom. The number of unbranched alkanes of at least 4 members (excludes halogenated alkanes) is 1. The van der Waals surface area contributed by atoms with Crippen molar-refractivity contribution >= 4 is 11.7 Å². The van der Waals surface area contributed by atoms with E-state index in [1.165, 1.54) is 0 Å². The first-order valence-corrected chi connectivity index (χ1v) is 11.1. The van der Waals surface area contributed by atoms with Crippen LogP contribution in [0.25, 0.3) is 0 Å². The van der Waals surface area contributed by atoms with Crippen molar-refractivity contribution in [2.75, 3.05) is 44.2 Å². The number of phenols is 1. The van der Waals surface area contributed by atoms with Crippen molar-refractivity contribution < 1.29 is 14.6 Å². The van der Waals surface area contributed by atoms with E-state index in [1.54, 1.807) is 19.3 Å². The molecule has 0 saturated carbocycles. The third-order valence-corrected chi connectivity index (χ3v) is 6.02. The average Bonchev–Trinajstić information content (AvgIpc) is 2.79. The number of Topliss-reactive ketones (excluding diaryl/α,β-unsaturated/α-hetero) is 1. The fourth-order valence-corrected chi connectivity index (χ4v) is 3.78. The van der Waals surface area contributed by atoms with Crippen molar-refractivity contribution in [2.45, 2.75) is 40.0 Å².